The summed E-state index contributed by atoms with van der Waals surface area (Å²) in [6.45, 7) is 1.87. The number of nitrogens with one attached hydrogen (secondary N) is 1. The molecule has 2 aromatic heterocycles. The third kappa shape index (κ3) is 3.12. The highest BCUT2D eigenvalue weighted by Crippen LogP contribution is 2.36. The number of amides is 1. The van der Waals surface area contributed by atoms with Crippen molar-refractivity contribution in [3.8, 4) is 0 Å². The summed E-state index contributed by atoms with van der Waals surface area (Å²) < 4.78 is 0. The minimum atomic E-state index is -0.556. The first kappa shape index (κ1) is 14.8. The van der Waals surface area contributed by atoms with Gasteiger partial charge >= 0.3 is 0 Å². The molecule has 0 bridgehead atoms. The zero-order valence-corrected chi connectivity index (χ0v) is 13.1. The van der Waals surface area contributed by atoms with Gasteiger partial charge in [-0.3, -0.25) is 10.1 Å². The van der Waals surface area contributed by atoms with Crippen molar-refractivity contribution in [3.05, 3.63) is 37.0 Å². The molecule has 0 fully saturated rings. The molecule has 19 heavy (non-hydrogen) atoms. The van der Waals surface area contributed by atoms with Gasteiger partial charge in [-0.2, -0.15) is 0 Å². The van der Waals surface area contributed by atoms with Gasteiger partial charge in [0.2, 0.25) is 0 Å². The maximum Gasteiger partial charge on any atom is 0.277 e. The first-order valence-corrected chi connectivity index (χ1v) is 7.16. The van der Waals surface area contributed by atoms with Crippen LogP contribution in [0.2, 0.25) is 20.2 Å². The molecule has 0 aliphatic heterocycles. The summed E-state index contributed by atoms with van der Waals surface area (Å²) in [6.07, 6.45) is 1.64. The van der Waals surface area contributed by atoms with Crippen LogP contribution in [0.15, 0.2) is 6.20 Å². The second kappa shape index (κ2) is 5.81. The van der Waals surface area contributed by atoms with Gasteiger partial charge in [-0.1, -0.05) is 46.4 Å². The van der Waals surface area contributed by atoms with Crippen LogP contribution in [0.1, 0.15) is 15.4 Å². The van der Waals surface area contributed by atoms with Crippen LogP contribution >= 0.6 is 57.7 Å². The highest BCUT2D eigenvalue weighted by Gasteiger charge is 2.20. The molecule has 0 saturated carbocycles. The maximum atomic E-state index is 12.0. The Morgan fingerprint density at radius 2 is 1.89 bits per heavy atom. The molecule has 0 aliphatic rings. The van der Waals surface area contributed by atoms with Crippen LogP contribution in [-0.2, 0) is 0 Å². The van der Waals surface area contributed by atoms with Gasteiger partial charge in [0.15, 0.2) is 10.8 Å². The second-order valence-corrected chi connectivity index (χ2v) is 6.15. The quantitative estimate of drug-likeness (QED) is 0.792. The molecule has 0 unspecified atom stereocenters. The molecule has 0 spiro atoms. The molecule has 1 N–H and O–H groups in total. The topological polar surface area (TPSA) is 54.9 Å². The molecule has 2 aromatic rings. The molecule has 0 aromatic carbocycles. The van der Waals surface area contributed by atoms with Crippen molar-refractivity contribution in [3.63, 3.8) is 0 Å². The predicted molar refractivity (Wildman–Crippen MR) is 79.1 cm³/mol. The van der Waals surface area contributed by atoms with Crippen LogP contribution < -0.4 is 5.32 Å². The standard InChI is InChI=1S/C10H5Cl4N3OS/c1-3-2-15-10(19-3)17-9(18)7-5(12)4(11)6(13)8(14)16-7/h2H,1H3,(H,15,17,18). The molecule has 0 radical (unpaired) electrons. The van der Waals surface area contributed by atoms with E-state index in [1.54, 1.807) is 6.20 Å². The number of thiazole rings is 1. The lowest BCUT2D eigenvalue weighted by Gasteiger charge is -2.07. The van der Waals surface area contributed by atoms with Crippen molar-refractivity contribution in [2.45, 2.75) is 6.92 Å². The fourth-order valence-electron chi connectivity index (χ4n) is 1.21. The van der Waals surface area contributed by atoms with Crippen LogP contribution in [-0.4, -0.2) is 15.9 Å². The molecule has 9 heteroatoms. The molecule has 0 saturated heterocycles. The van der Waals surface area contributed by atoms with Gasteiger partial charge in [0, 0.05) is 11.1 Å². The molecule has 4 nitrogen and oxygen atoms in total. The van der Waals surface area contributed by atoms with Gasteiger partial charge in [0.25, 0.3) is 5.91 Å². The Kier molecular flexibility index (Phi) is 4.53. The third-order valence-electron chi connectivity index (χ3n) is 2.04. The van der Waals surface area contributed by atoms with E-state index in [2.05, 4.69) is 15.3 Å². The van der Waals surface area contributed by atoms with E-state index in [4.69, 9.17) is 46.4 Å². The molecule has 2 rings (SSSR count). The Balaban J connectivity index is 2.34. The lowest BCUT2D eigenvalue weighted by atomic mass is 10.3. The molecule has 0 atom stereocenters. The van der Waals surface area contributed by atoms with Crippen molar-refractivity contribution in [2.24, 2.45) is 0 Å². The smallest absolute Gasteiger partial charge is 0.277 e. The highest BCUT2D eigenvalue weighted by molar-refractivity contribution is 7.15. The number of aryl methyl sites for hydroxylation is 1. The number of rotatable bonds is 2. The largest absolute Gasteiger partial charge is 0.296 e. The summed E-state index contributed by atoms with van der Waals surface area (Å²) in [6, 6.07) is 0. The minimum absolute atomic E-state index is 0.00924. The summed E-state index contributed by atoms with van der Waals surface area (Å²) >= 11 is 24.6. The Labute approximate surface area is 132 Å². The van der Waals surface area contributed by atoms with Gasteiger partial charge in [-0.15, -0.1) is 11.3 Å². The van der Waals surface area contributed by atoms with E-state index in [0.29, 0.717) is 5.13 Å². The fraction of sp³-hybridized carbons (Fsp3) is 0.100. The van der Waals surface area contributed by atoms with E-state index in [1.807, 2.05) is 6.92 Å². The summed E-state index contributed by atoms with van der Waals surface area (Å²) in [7, 11) is 0. The van der Waals surface area contributed by atoms with Gasteiger partial charge in [0.1, 0.15) is 5.15 Å². The molecule has 0 aliphatic carbocycles. The summed E-state index contributed by atoms with van der Waals surface area (Å²) in [5.74, 6) is -0.556. The number of nitrogens with zero attached hydrogens (tertiary/aromatic N) is 2. The average Bonchev–Trinajstić information content (AvgIpc) is 2.76. The first-order valence-electron chi connectivity index (χ1n) is 4.84. The number of anilines is 1. The first-order chi connectivity index (χ1) is 8.90. The van der Waals surface area contributed by atoms with Crippen molar-refractivity contribution < 1.29 is 4.79 Å². The molecular weight excluding hydrogens is 352 g/mol. The SMILES string of the molecule is Cc1cnc(NC(=O)c2nc(Cl)c(Cl)c(Cl)c2Cl)s1. The lowest BCUT2D eigenvalue weighted by Crippen LogP contribution is -2.14. The Morgan fingerprint density at radius 1 is 1.21 bits per heavy atom. The van der Waals surface area contributed by atoms with Gasteiger partial charge in [-0.25, -0.2) is 9.97 Å². The fourth-order valence-corrected chi connectivity index (χ4v) is 2.68. The van der Waals surface area contributed by atoms with Crippen LogP contribution in [0.3, 0.4) is 0 Å². The zero-order chi connectivity index (χ0) is 14.2. The van der Waals surface area contributed by atoms with Crippen molar-refractivity contribution in [1.82, 2.24) is 9.97 Å². The van der Waals surface area contributed by atoms with E-state index in [9.17, 15) is 4.79 Å². The second-order valence-electron chi connectivity index (χ2n) is 3.42. The molecule has 100 valence electrons. The maximum absolute atomic E-state index is 12.0. The summed E-state index contributed by atoms with van der Waals surface area (Å²) in [5, 5.41) is 2.85. The van der Waals surface area contributed by atoms with Gasteiger partial charge in [-0.05, 0) is 6.92 Å². The molecule has 1 amide bonds. The number of aromatic nitrogens is 2. The van der Waals surface area contributed by atoms with Crippen LogP contribution in [0.4, 0.5) is 5.13 Å². The Morgan fingerprint density at radius 3 is 2.47 bits per heavy atom. The Hall–Kier alpha value is -0.590. The number of halogens is 4. The number of hydrogen-bond donors (Lipinski definition) is 1. The summed E-state index contributed by atoms with van der Waals surface area (Å²) in [5.41, 5.74) is -0.103. The van der Waals surface area contributed by atoms with Crippen molar-refractivity contribution in [2.75, 3.05) is 5.32 Å². The normalized spacial score (nSPS) is 10.6. The third-order valence-corrected chi connectivity index (χ3v) is 4.55. The lowest BCUT2D eigenvalue weighted by molar-refractivity contribution is 0.102. The minimum Gasteiger partial charge on any atom is -0.296 e. The van der Waals surface area contributed by atoms with Crippen LogP contribution in [0.5, 0.6) is 0 Å². The highest BCUT2D eigenvalue weighted by atomic mass is 35.5. The van der Waals surface area contributed by atoms with Gasteiger partial charge < -0.3 is 0 Å². The van der Waals surface area contributed by atoms with E-state index in [1.165, 1.54) is 11.3 Å². The van der Waals surface area contributed by atoms with Crippen molar-refractivity contribution >= 4 is 68.8 Å². The molecule has 2 heterocycles. The zero-order valence-electron chi connectivity index (χ0n) is 9.30. The molecular formula is C10H5Cl4N3OS. The summed E-state index contributed by atoms with van der Waals surface area (Å²) in [4.78, 5) is 20.8. The number of pyridine rings is 1. The van der Waals surface area contributed by atoms with Crippen molar-refractivity contribution in [1.29, 1.82) is 0 Å². The van der Waals surface area contributed by atoms with E-state index < -0.39 is 5.91 Å². The monoisotopic (exact) mass is 355 g/mol. The van der Waals surface area contributed by atoms with E-state index in [0.717, 1.165) is 4.88 Å². The van der Waals surface area contributed by atoms with Crippen LogP contribution in [0.25, 0.3) is 0 Å². The average molecular weight is 357 g/mol. The van der Waals surface area contributed by atoms with E-state index >= 15 is 0 Å². The predicted octanol–water partition coefficient (Wildman–Crippen LogP) is 4.71. The van der Waals surface area contributed by atoms with E-state index in [-0.39, 0.29) is 25.9 Å². The number of carbonyl (C=O) groups is 1. The number of hydrogen-bond acceptors (Lipinski definition) is 4. The van der Waals surface area contributed by atoms with Crippen LogP contribution in [0, 0.1) is 6.92 Å². The number of carbonyl (C=O) groups excluding carboxylic acids is 1. The van der Waals surface area contributed by atoms with Gasteiger partial charge in [0.05, 0.1) is 15.1 Å². The Bertz CT molecular complexity index is 658.